The van der Waals surface area contributed by atoms with Crippen LogP contribution in [0.2, 0.25) is 0 Å². The molecule has 0 aliphatic carbocycles. The summed E-state index contributed by atoms with van der Waals surface area (Å²) in [6, 6.07) is 0. The van der Waals surface area contributed by atoms with Gasteiger partial charge < -0.3 is 15.6 Å². The Morgan fingerprint density at radius 2 is 2.54 bits per heavy atom. The minimum atomic E-state index is 0.750. The van der Waals surface area contributed by atoms with Crippen LogP contribution in [0.3, 0.4) is 0 Å². The first-order valence-corrected chi connectivity index (χ1v) is 4.85. The van der Waals surface area contributed by atoms with Gasteiger partial charge in [-0.15, -0.1) is 0 Å². The van der Waals surface area contributed by atoms with Gasteiger partial charge in [0.05, 0.1) is 17.7 Å². The first-order valence-electron chi connectivity index (χ1n) is 4.85. The lowest BCUT2D eigenvalue weighted by molar-refractivity contribution is 0.564. The second-order valence-corrected chi connectivity index (χ2v) is 3.40. The molecule has 4 heteroatoms. The van der Waals surface area contributed by atoms with Crippen LogP contribution < -0.4 is 11.1 Å². The molecule has 1 aliphatic rings. The molecule has 72 valence electrons. The number of imidazole rings is 1. The van der Waals surface area contributed by atoms with Crippen molar-refractivity contribution in [3.8, 4) is 0 Å². The van der Waals surface area contributed by atoms with Crippen LogP contribution in [0.1, 0.15) is 17.8 Å². The van der Waals surface area contributed by atoms with Crippen LogP contribution in [0.15, 0.2) is 6.33 Å². The van der Waals surface area contributed by atoms with Crippen LogP contribution in [-0.4, -0.2) is 22.6 Å². The maximum Gasteiger partial charge on any atom is 0.0952 e. The van der Waals surface area contributed by atoms with Gasteiger partial charge in [0.15, 0.2) is 0 Å². The molecule has 0 spiro atoms. The van der Waals surface area contributed by atoms with Gasteiger partial charge in [0.1, 0.15) is 0 Å². The third kappa shape index (κ3) is 1.73. The fourth-order valence-corrected chi connectivity index (χ4v) is 1.73. The average Bonchev–Trinajstić information content (AvgIpc) is 2.58. The lowest BCUT2D eigenvalue weighted by Crippen LogP contribution is -2.25. The number of hydrogen-bond donors (Lipinski definition) is 2. The zero-order valence-electron chi connectivity index (χ0n) is 7.79. The number of nitrogens with zero attached hydrogens (tertiary/aromatic N) is 2. The monoisotopic (exact) mass is 180 g/mol. The third-order valence-corrected chi connectivity index (χ3v) is 2.47. The number of nitrogens with one attached hydrogen (secondary N) is 1. The highest BCUT2D eigenvalue weighted by molar-refractivity contribution is 5.16. The van der Waals surface area contributed by atoms with Gasteiger partial charge in [-0.2, -0.15) is 0 Å². The first-order chi connectivity index (χ1) is 6.42. The molecule has 2 heterocycles. The number of hydrogen-bond acceptors (Lipinski definition) is 3. The molecule has 0 saturated carbocycles. The van der Waals surface area contributed by atoms with E-state index in [4.69, 9.17) is 5.73 Å². The number of aromatic nitrogens is 2. The van der Waals surface area contributed by atoms with Crippen molar-refractivity contribution in [2.75, 3.05) is 13.1 Å². The molecule has 0 saturated heterocycles. The molecule has 0 radical (unpaired) electrons. The van der Waals surface area contributed by atoms with Gasteiger partial charge in [-0.1, -0.05) is 0 Å². The van der Waals surface area contributed by atoms with Gasteiger partial charge in [0, 0.05) is 26.1 Å². The van der Waals surface area contributed by atoms with Crippen molar-refractivity contribution in [3.63, 3.8) is 0 Å². The van der Waals surface area contributed by atoms with Crippen LogP contribution in [0.5, 0.6) is 0 Å². The van der Waals surface area contributed by atoms with Gasteiger partial charge in [0.25, 0.3) is 0 Å². The van der Waals surface area contributed by atoms with Gasteiger partial charge >= 0.3 is 0 Å². The number of fused-ring (bicyclic) bond motifs is 1. The molecule has 0 amide bonds. The second kappa shape index (κ2) is 3.89. The van der Waals surface area contributed by atoms with Crippen LogP contribution in [-0.2, 0) is 19.5 Å². The Bertz CT molecular complexity index is 279. The van der Waals surface area contributed by atoms with Gasteiger partial charge in [-0.05, 0) is 13.0 Å². The lowest BCUT2D eigenvalue weighted by Gasteiger charge is -2.14. The molecule has 0 atom stereocenters. The van der Waals surface area contributed by atoms with Crippen LogP contribution in [0, 0.1) is 0 Å². The normalized spacial score (nSPS) is 15.8. The Labute approximate surface area is 78.1 Å². The van der Waals surface area contributed by atoms with E-state index in [2.05, 4.69) is 14.9 Å². The molecule has 1 aromatic heterocycles. The summed E-state index contributed by atoms with van der Waals surface area (Å²) in [5.41, 5.74) is 8.08. The molecule has 0 bridgehead atoms. The van der Waals surface area contributed by atoms with E-state index in [1.807, 2.05) is 6.33 Å². The molecular weight excluding hydrogens is 164 g/mol. The van der Waals surface area contributed by atoms with E-state index in [1.165, 1.54) is 11.4 Å². The van der Waals surface area contributed by atoms with Crippen molar-refractivity contribution in [1.82, 2.24) is 14.9 Å². The number of rotatable bonds is 3. The summed E-state index contributed by atoms with van der Waals surface area (Å²) in [6.07, 6.45) is 4.03. The van der Waals surface area contributed by atoms with E-state index >= 15 is 0 Å². The SMILES string of the molecule is NCCCn1cnc2c1CNCC2. The van der Waals surface area contributed by atoms with Crippen molar-refractivity contribution in [2.45, 2.75) is 25.9 Å². The molecule has 13 heavy (non-hydrogen) atoms. The van der Waals surface area contributed by atoms with E-state index < -0.39 is 0 Å². The maximum atomic E-state index is 5.47. The summed E-state index contributed by atoms with van der Waals surface area (Å²) in [6.45, 7) is 3.77. The Hall–Kier alpha value is -0.870. The third-order valence-electron chi connectivity index (χ3n) is 2.47. The summed E-state index contributed by atoms with van der Waals surface area (Å²) in [7, 11) is 0. The summed E-state index contributed by atoms with van der Waals surface area (Å²) in [4.78, 5) is 4.39. The highest BCUT2D eigenvalue weighted by Crippen LogP contribution is 2.12. The van der Waals surface area contributed by atoms with Crippen molar-refractivity contribution in [1.29, 1.82) is 0 Å². The predicted octanol–water partition coefficient (Wildman–Crippen LogP) is -0.122. The van der Waals surface area contributed by atoms with Crippen LogP contribution in [0.4, 0.5) is 0 Å². The number of nitrogens with two attached hydrogens (primary N) is 1. The molecule has 2 rings (SSSR count). The van der Waals surface area contributed by atoms with Crippen molar-refractivity contribution >= 4 is 0 Å². The first kappa shape index (κ1) is 8.72. The number of aryl methyl sites for hydroxylation is 1. The highest BCUT2D eigenvalue weighted by atomic mass is 15.1. The van der Waals surface area contributed by atoms with Gasteiger partial charge in [-0.25, -0.2) is 4.98 Å². The molecule has 3 N–H and O–H groups in total. The zero-order valence-corrected chi connectivity index (χ0v) is 7.79. The average molecular weight is 180 g/mol. The van der Waals surface area contributed by atoms with E-state index in [-0.39, 0.29) is 0 Å². The lowest BCUT2D eigenvalue weighted by atomic mass is 10.2. The molecule has 0 aromatic carbocycles. The van der Waals surface area contributed by atoms with Crippen LogP contribution >= 0.6 is 0 Å². The minimum Gasteiger partial charge on any atom is -0.333 e. The summed E-state index contributed by atoms with van der Waals surface area (Å²) >= 11 is 0. The topological polar surface area (TPSA) is 55.9 Å². The largest absolute Gasteiger partial charge is 0.333 e. The van der Waals surface area contributed by atoms with E-state index in [9.17, 15) is 0 Å². The Kier molecular flexibility index (Phi) is 2.61. The predicted molar refractivity (Wildman–Crippen MR) is 51.3 cm³/mol. The zero-order chi connectivity index (χ0) is 9.10. The Morgan fingerprint density at radius 1 is 1.62 bits per heavy atom. The van der Waals surface area contributed by atoms with E-state index in [0.29, 0.717) is 0 Å². The van der Waals surface area contributed by atoms with Crippen molar-refractivity contribution < 1.29 is 0 Å². The summed E-state index contributed by atoms with van der Waals surface area (Å²) in [5, 5.41) is 3.35. The molecule has 4 nitrogen and oxygen atoms in total. The molecular formula is C9H16N4. The smallest absolute Gasteiger partial charge is 0.0952 e. The Balaban J connectivity index is 2.12. The fourth-order valence-electron chi connectivity index (χ4n) is 1.73. The second-order valence-electron chi connectivity index (χ2n) is 3.40. The molecule has 0 unspecified atom stereocenters. The maximum absolute atomic E-state index is 5.47. The van der Waals surface area contributed by atoms with E-state index in [0.717, 1.165) is 39.0 Å². The van der Waals surface area contributed by atoms with Gasteiger partial charge in [0.2, 0.25) is 0 Å². The summed E-state index contributed by atoms with van der Waals surface area (Å²) < 4.78 is 2.22. The molecule has 1 aromatic rings. The summed E-state index contributed by atoms with van der Waals surface area (Å²) in [5.74, 6) is 0. The van der Waals surface area contributed by atoms with Gasteiger partial charge in [-0.3, -0.25) is 0 Å². The van der Waals surface area contributed by atoms with Crippen molar-refractivity contribution in [3.05, 3.63) is 17.7 Å². The van der Waals surface area contributed by atoms with Crippen molar-refractivity contribution in [2.24, 2.45) is 5.73 Å². The standard InChI is InChI=1S/C9H16N4/c10-3-1-5-13-7-12-8-2-4-11-6-9(8)13/h7,11H,1-6,10H2. The molecule has 0 fully saturated rings. The quantitative estimate of drug-likeness (QED) is 0.681. The minimum absolute atomic E-state index is 0.750. The Morgan fingerprint density at radius 3 is 3.38 bits per heavy atom. The fraction of sp³-hybridized carbons (Fsp3) is 0.667. The highest BCUT2D eigenvalue weighted by Gasteiger charge is 2.13. The van der Waals surface area contributed by atoms with Crippen LogP contribution in [0.25, 0.3) is 0 Å². The van der Waals surface area contributed by atoms with E-state index in [1.54, 1.807) is 0 Å². The molecule has 1 aliphatic heterocycles.